The largest absolute Gasteiger partial charge is 0.462 e. The molecule has 5 heteroatoms. The van der Waals surface area contributed by atoms with Crippen LogP contribution in [0.1, 0.15) is 34.0 Å². The number of esters is 1. The fourth-order valence-electron chi connectivity index (χ4n) is 5.00. The van der Waals surface area contributed by atoms with Gasteiger partial charge in [0.2, 0.25) is 0 Å². The van der Waals surface area contributed by atoms with Gasteiger partial charge in [0.05, 0.1) is 23.2 Å². The number of hydrogen-bond donors (Lipinski definition) is 1. The summed E-state index contributed by atoms with van der Waals surface area (Å²) in [5.41, 5.74) is 16.3. The molecule has 4 aromatic carbocycles. The number of nitrogen functional groups attached to an aromatic ring is 1. The first-order valence-electron chi connectivity index (χ1n) is 11.8. The Labute approximate surface area is 203 Å². The van der Waals surface area contributed by atoms with Gasteiger partial charge in [0, 0.05) is 17.8 Å². The average Bonchev–Trinajstić information content (AvgIpc) is 3.43. The molecular formula is C30H25N3O2. The molecule has 1 aliphatic carbocycles. The van der Waals surface area contributed by atoms with Gasteiger partial charge in [-0.1, -0.05) is 54.6 Å². The molecule has 5 aromatic rings. The highest BCUT2D eigenvalue weighted by molar-refractivity contribution is 5.95. The number of carbonyl (C=O) groups is 1. The lowest BCUT2D eigenvalue weighted by atomic mass is 10.0. The molecule has 0 saturated carbocycles. The van der Waals surface area contributed by atoms with Crippen molar-refractivity contribution in [2.45, 2.75) is 19.9 Å². The van der Waals surface area contributed by atoms with Crippen molar-refractivity contribution in [3.63, 3.8) is 0 Å². The van der Waals surface area contributed by atoms with Gasteiger partial charge in [-0.25, -0.2) is 9.78 Å². The second kappa shape index (κ2) is 8.44. The third kappa shape index (κ3) is 3.66. The van der Waals surface area contributed by atoms with Crippen LogP contribution in [0.5, 0.6) is 0 Å². The van der Waals surface area contributed by atoms with Crippen LogP contribution in [-0.4, -0.2) is 22.1 Å². The van der Waals surface area contributed by atoms with Crippen molar-refractivity contribution >= 4 is 22.7 Å². The summed E-state index contributed by atoms with van der Waals surface area (Å²) in [6.07, 6.45) is 0.876. The minimum Gasteiger partial charge on any atom is -0.462 e. The zero-order valence-electron chi connectivity index (χ0n) is 19.5. The number of carbonyl (C=O) groups excluding carboxylic acids is 1. The number of rotatable bonds is 5. The third-order valence-electron chi connectivity index (χ3n) is 6.67. The predicted octanol–water partition coefficient (Wildman–Crippen LogP) is 6.08. The van der Waals surface area contributed by atoms with E-state index in [0.717, 1.165) is 40.1 Å². The molecule has 0 aliphatic heterocycles. The van der Waals surface area contributed by atoms with Gasteiger partial charge in [-0.3, -0.25) is 0 Å². The van der Waals surface area contributed by atoms with E-state index >= 15 is 0 Å². The quantitative estimate of drug-likeness (QED) is 0.250. The molecular weight excluding hydrogens is 434 g/mol. The average molecular weight is 460 g/mol. The molecule has 0 atom stereocenters. The number of fused-ring (bicyclic) bond motifs is 4. The van der Waals surface area contributed by atoms with E-state index in [1.165, 1.54) is 22.3 Å². The lowest BCUT2D eigenvalue weighted by molar-refractivity contribution is 0.0526. The van der Waals surface area contributed by atoms with Crippen LogP contribution in [0, 0.1) is 0 Å². The van der Waals surface area contributed by atoms with Gasteiger partial charge in [-0.15, -0.1) is 0 Å². The topological polar surface area (TPSA) is 70.1 Å². The van der Waals surface area contributed by atoms with Crippen molar-refractivity contribution in [1.29, 1.82) is 0 Å². The van der Waals surface area contributed by atoms with E-state index in [2.05, 4.69) is 47.0 Å². The van der Waals surface area contributed by atoms with Gasteiger partial charge < -0.3 is 15.0 Å². The first-order valence-corrected chi connectivity index (χ1v) is 11.8. The van der Waals surface area contributed by atoms with E-state index in [4.69, 9.17) is 15.5 Å². The summed E-state index contributed by atoms with van der Waals surface area (Å²) in [5.74, 6) is 0.565. The Hall–Kier alpha value is -4.38. The van der Waals surface area contributed by atoms with Crippen LogP contribution in [0.2, 0.25) is 0 Å². The van der Waals surface area contributed by atoms with E-state index in [-0.39, 0.29) is 5.97 Å². The highest BCUT2D eigenvalue weighted by Gasteiger charge is 2.24. The Morgan fingerprint density at radius 2 is 1.71 bits per heavy atom. The van der Waals surface area contributed by atoms with Crippen LogP contribution < -0.4 is 5.73 Å². The van der Waals surface area contributed by atoms with Gasteiger partial charge >= 0.3 is 5.97 Å². The second-order valence-electron chi connectivity index (χ2n) is 8.85. The number of anilines is 1. The smallest absolute Gasteiger partial charge is 0.338 e. The van der Waals surface area contributed by atoms with E-state index in [1.54, 1.807) is 6.07 Å². The zero-order chi connectivity index (χ0) is 23.9. The summed E-state index contributed by atoms with van der Waals surface area (Å²) >= 11 is 0. The van der Waals surface area contributed by atoms with Crippen molar-refractivity contribution in [2.75, 3.05) is 12.3 Å². The van der Waals surface area contributed by atoms with Gasteiger partial charge in [-0.05, 0) is 71.5 Å². The molecule has 0 bridgehead atoms. The van der Waals surface area contributed by atoms with Gasteiger partial charge in [0.15, 0.2) is 0 Å². The fraction of sp³-hybridized carbons (Fsp3) is 0.133. The molecule has 0 saturated heterocycles. The number of imidazole rings is 1. The van der Waals surface area contributed by atoms with Gasteiger partial charge in [0.25, 0.3) is 0 Å². The van der Waals surface area contributed by atoms with Crippen LogP contribution in [0.3, 0.4) is 0 Å². The summed E-state index contributed by atoms with van der Waals surface area (Å²) in [6.45, 7) is 2.76. The van der Waals surface area contributed by atoms with Crippen molar-refractivity contribution < 1.29 is 9.53 Å². The summed E-state index contributed by atoms with van der Waals surface area (Å²) in [7, 11) is 0. The van der Waals surface area contributed by atoms with Crippen molar-refractivity contribution in [3.05, 3.63) is 107 Å². The van der Waals surface area contributed by atoms with Crippen molar-refractivity contribution in [1.82, 2.24) is 9.55 Å². The summed E-state index contributed by atoms with van der Waals surface area (Å²) < 4.78 is 7.45. The fourth-order valence-corrected chi connectivity index (χ4v) is 5.00. The molecule has 0 unspecified atom stereocenters. The maximum absolute atomic E-state index is 12.5. The van der Waals surface area contributed by atoms with E-state index in [0.29, 0.717) is 18.7 Å². The van der Waals surface area contributed by atoms with E-state index in [1.807, 2.05) is 43.3 Å². The van der Waals surface area contributed by atoms with E-state index in [9.17, 15) is 4.79 Å². The van der Waals surface area contributed by atoms with Crippen molar-refractivity contribution in [2.24, 2.45) is 0 Å². The van der Waals surface area contributed by atoms with Crippen LogP contribution in [0.4, 0.5) is 5.69 Å². The number of aromatic nitrogens is 2. The molecule has 1 aliphatic rings. The number of ether oxygens (including phenoxy) is 1. The molecule has 6 rings (SSSR count). The molecule has 2 N–H and O–H groups in total. The lowest BCUT2D eigenvalue weighted by Crippen LogP contribution is -2.06. The number of benzene rings is 4. The Balaban J connectivity index is 1.55. The molecule has 1 heterocycles. The van der Waals surface area contributed by atoms with Crippen LogP contribution in [0.15, 0.2) is 84.9 Å². The highest BCUT2D eigenvalue weighted by Crippen LogP contribution is 2.42. The lowest BCUT2D eigenvalue weighted by Gasteiger charge is -2.13. The molecule has 35 heavy (non-hydrogen) atoms. The predicted molar refractivity (Wildman–Crippen MR) is 139 cm³/mol. The van der Waals surface area contributed by atoms with Crippen LogP contribution >= 0.6 is 0 Å². The SMILES string of the molecule is CCOC(=O)c1ccc2nc(-c3cccc4c3Cc3ccccc3-4)n(Cc3ccc(N)cc3)c2c1. The molecule has 1 aromatic heterocycles. The number of hydrogen-bond acceptors (Lipinski definition) is 4. The number of nitrogens with zero attached hydrogens (tertiary/aromatic N) is 2. The van der Waals surface area contributed by atoms with E-state index < -0.39 is 0 Å². The molecule has 5 nitrogen and oxygen atoms in total. The Kier molecular flexibility index (Phi) is 5.10. The summed E-state index contributed by atoms with van der Waals surface area (Å²) in [6, 6.07) is 28.5. The third-order valence-corrected chi connectivity index (χ3v) is 6.67. The molecule has 0 fully saturated rings. The minimum absolute atomic E-state index is 0.327. The van der Waals surface area contributed by atoms with Crippen LogP contribution in [0.25, 0.3) is 33.5 Å². The number of nitrogens with two attached hydrogens (primary N) is 1. The Morgan fingerprint density at radius 1 is 0.943 bits per heavy atom. The summed E-state index contributed by atoms with van der Waals surface area (Å²) in [5, 5.41) is 0. The highest BCUT2D eigenvalue weighted by atomic mass is 16.5. The Bertz CT molecular complexity index is 1580. The van der Waals surface area contributed by atoms with Crippen molar-refractivity contribution in [3.8, 4) is 22.5 Å². The maximum Gasteiger partial charge on any atom is 0.338 e. The Morgan fingerprint density at radius 3 is 2.54 bits per heavy atom. The monoisotopic (exact) mass is 459 g/mol. The molecule has 0 amide bonds. The van der Waals surface area contributed by atoms with Crippen LogP contribution in [-0.2, 0) is 17.7 Å². The minimum atomic E-state index is -0.327. The van der Waals surface area contributed by atoms with Gasteiger partial charge in [-0.2, -0.15) is 0 Å². The first kappa shape index (κ1) is 21.2. The zero-order valence-corrected chi connectivity index (χ0v) is 19.5. The first-order chi connectivity index (χ1) is 17.1. The summed E-state index contributed by atoms with van der Waals surface area (Å²) in [4.78, 5) is 17.6. The standard InChI is InChI=1S/C30H25N3O2/c1-2-35-30(34)21-12-15-27-28(17-21)33(18-19-10-13-22(31)14-11-19)29(32-27)25-9-5-8-24-23-7-4-3-6-20(23)16-26(24)25/h3-15,17H,2,16,18,31H2,1H3. The molecule has 0 radical (unpaired) electrons. The second-order valence-corrected chi connectivity index (χ2v) is 8.85. The maximum atomic E-state index is 12.5. The molecule has 0 spiro atoms. The normalized spacial score (nSPS) is 11.9. The molecule has 172 valence electrons. The van der Waals surface area contributed by atoms with Gasteiger partial charge in [0.1, 0.15) is 5.82 Å².